The minimum absolute atomic E-state index is 0.112. The normalized spacial score (nSPS) is 16.3. The van der Waals surface area contributed by atoms with Gasteiger partial charge in [0.25, 0.3) is 5.91 Å². The fourth-order valence-electron chi connectivity index (χ4n) is 4.48. The largest absolute Gasteiger partial charge is 0.452 e. The molecule has 2 heterocycles. The standard InChI is InChI=1S/C26H28N2O3/c1-3-20-13-9-10-16-28(20)23(29)17-31-26(30)24-18(2)25(19-11-5-4-6-12-19)27-22-15-8-7-14-21(22)24/h4-8,11-12,14-15,20H,3,9-10,13,16-17H2,1-2H3. The van der Waals surface area contributed by atoms with Gasteiger partial charge >= 0.3 is 5.97 Å². The maximum absolute atomic E-state index is 13.2. The molecule has 31 heavy (non-hydrogen) atoms. The van der Waals surface area contributed by atoms with Gasteiger partial charge in [0.05, 0.1) is 16.8 Å². The van der Waals surface area contributed by atoms with Crippen LogP contribution in [0, 0.1) is 6.92 Å². The van der Waals surface area contributed by atoms with Crippen molar-refractivity contribution in [3.63, 3.8) is 0 Å². The van der Waals surface area contributed by atoms with Crippen molar-refractivity contribution in [1.82, 2.24) is 9.88 Å². The molecule has 4 rings (SSSR count). The van der Waals surface area contributed by atoms with Gasteiger partial charge in [0.1, 0.15) is 0 Å². The highest BCUT2D eigenvalue weighted by atomic mass is 16.5. The Kier molecular flexibility index (Phi) is 6.31. The third kappa shape index (κ3) is 4.31. The van der Waals surface area contributed by atoms with Gasteiger partial charge in [-0.1, -0.05) is 55.5 Å². The van der Waals surface area contributed by atoms with Crippen molar-refractivity contribution < 1.29 is 14.3 Å². The Balaban J connectivity index is 1.63. The highest BCUT2D eigenvalue weighted by molar-refractivity contribution is 6.06. The number of piperidine rings is 1. The summed E-state index contributed by atoms with van der Waals surface area (Å²) in [6, 6.07) is 17.6. The molecule has 5 heteroatoms. The summed E-state index contributed by atoms with van der Waals surface area (Å²) in [7, 11) is 0. The van der Waals surface area contributed by atoms with Gasteiger partial charge in [0.2, 0.25) is 0 Å². The van der Waals surface area contributed by atoms with E-state index in [0.29, 0.717) is 5.56 Å². The van der Waals surface area contributed by atoms with Crippen LogP contribution in [0.5, 0.6) is 0 Å². The summed E-state index contributed by atoms with van der Waals surface area (Å²) in [5.41, 5.74) is 3.65. The number of fused-ring (bicyclic) bond motifs is 1. The van der Waals surface area contributed by atoms with E-state index in [1.165, 1.54) is 0 Å². The lowest BCUT2D eigenvalue weighted by atomic mass is 9.98. The van der Waals surface area contributed by atoms with Gasteiger partial charge in [-0.3, -0.25) is 4.79 Å². The molecule has 0 N–H and O–H groups in total. The number of rotatable bonds is 5. The van der Waals surface area contributed by atoms with Crippen molar-refractivity contribution in [1.29, 1.82) is 0 Å². The molecule has 0 radical (unpaired) electrons. The van der Waals surface area contributed by atoms with E-state index in [9.17, 15) is 9.59 Å². The zero-order chi connectivity index (χ0) is 21.8. The van der Waals surface area contributed by atoms with Crippen molar-refractivity contribution in [3.8, 4) is 11.3 Å². The Labute approximate surface area is 183 Å². The number of carbonyl (C=O) groups is 2. The molecular weight excluding hydrogens is 388 g/mol. The Hall–Kier alpha value is -3.21. The molecule has 1 amide bonds. The molecule has 0 spiro atoms. The molecule has 5 nitrogen and oxygen atoms in total. The third-order valence-corrected chi connectivity index (χ3v) is 6.13. The number of aromatic nitrogens is 1. The van der Waals surface area contributed by atoms with Gasteiger partial charge < -0.3 is 9.64 Å². The molecule has 1 fully saturated rings. The summed E-state index contributed by atoms with van der Waals surface area (Å²) in [5, 5.41) is 0.738. The lowest BCUT2D eigenvalue weighted by Crippen LogP contribution is -2.45. The zero-order valence-electron chi connectivity index (χ0n) is 18.1. The second kappa shape index (κ2) is 9.29. The van der Waals surface area contributed by atoms with Crippen LogP contribution >= 0.6 is 0 Å². The van der Waals surface area contributed by atoms with Crippen LogP contribution in [0.2, 0.25) is 0 Å². The lowest BCUT2D eigenvalue weighted by molar-refractivity contribution is -0.138. The summed E-state index contributed by atoms with van der Waals surface area (Å²) < 4.78 is 5.56. The number of nitrogens with zero attached hydrogens (tertiary/aromatic N) is 2. The van der Waals surface area contributed by atoms with E-state index < -0.39 is 5.97 Å². The van der Waals surface area contributed by atoms with E-state index in [-0.39, 0.29) is 18.6 Å². The molecule has 1 atom stereocenters. The molecule has 0 bridgehead atoms. The molecule has 0 aliphatic carbocycles. The average Bonchev–Trinajstić information content (AvgIpc) is 2.82. The van der Waals surface area contributed by atoms with Crippen LogP contribution in [0.15, 0.2) is 54.6 Å². The second-order valence-electron chi connectivity index (χ2n) is 8.06. The van der Waals surface area contributed by atoms with Crippen LogP contribution < -0.4 is 0 Å². The fraction of sp³-hybridized carbons (Fsp3) is 0.346. The second-order valence-corrected chi connectivity index (χ2v) is 8.06. The summed E-state index contributed by atoms with van der Waals surface area (Å²) in [6.07, 6.45) is 4.09. The van der Waals surface area contributed by atoms with E-state index in [0.717, 1.165) is 60.0 Å². The minimum atomic E-state index is -0.480. The van der Waals surface area contributed by atoms with Crippen LogP contribution in [0.1, 0.15) is 48.5 Å². The Morgan fingerprint density at radius 2 is 1.81 bits per heavy atom. The molecule has 1 aliphatic rings. The topological polar surface area (TPSA) is 59.5 Å². The van der Waals surface area contributed by atoms with E-state index in [2.05, 4.69) is 6.92 Å². The molecule has 3 aromatic rings. The van der Waals surface area contributed by atoms with Crippen molar-refractivity contribution in [2.24, 2.45) is 0 Å². The Bertz CT molecular complexity index is 1090. The molecule has 2 aromatic carbocycles. The van der Waals surface area contributed by atoms with Crippen LogP contribution in [-0.4, -0.2) is 41.0 Å². The van der Waals surface area contributed by atoms with Gasteiger partial charge in [-0.15, -0.1) is 0 Å². The van der Waals surface area contributed by atoms with Crippen molar-refractivity contribution in [2.45, 2.75) is 45.6 Å². The first-order chi connectivity index (χ1) is 15.1. The predicted octanol–water partition coefficient (Wildman–Crippen LogP) is 5.16. The van der Waals surface area contributed by atoms with E-state index in [1.807, 2.05) is 66.4 Å². The summed E-state index contributed by atoms with van der Waals surface area (Å²) in [4.78, 5) is 32.6. The third-order valence-electron chi connectivity index (χ3n) is 6.13. The number of likely N-dealkylation sites (tertiary alicyclic amines) is 1. The molecule has 1 saturated heterocycles. The predicted molar refractivity (Wildman–Crippen MR) is 122 cm³/mol. The molecule has 1 aromatic heterocycles. The van der Waals surface area contributed by atoms with E-state index in [1.54, 1.807) is 0 Å². The number of hydrogen-bond donors (Lipinski definition) is 0. The van der Waals surface area contributed by atoms with Crippen LogP contribution in [0.3, 0.4) is 0 Å². The first kappa shape index (κ1) is 21.0. The first-order valence-corrected chi connectivity index (χ1v) is 11.0. The number of para-hydroxylation sites is 1. The van der Waals surface area contributed by atoms with Crippen molar-refractivity contribution in [3.05, 3.63) is 65.7 Å². The van der Waals surface area contributed by atoms with Crippen molar-refractivity contribution >= 4 is 22.8 Å². The molecule has 160 valence electrons. The summed E-state index contributed by atoms with van der Waals surface area (Å²) in [6.45, 7) is 4.49. The summed E-state index contributed by atoms with van der Waals surface area (Å²) >= 11 is 0. The monoisotopic (exact) mass is 416 g/mol. The smallest absolute Gasteiger partial charge is 0.339 e. The van der Waals surface area contributed by atoms with E-state index >= 15 is 0 Å². The number of benzene rings is 2. The molecule has 1 aliphatic heterocycles. The first-order valence-electron chi connectivity index (χ1n) is 11.0. The number of amides is 1. The van der Waals surface area contributed by atoms with E-state index in [4.69, 9.17) is 9.72 Å². The fourth-order valence-corrected chi connectivity index (χ4v) is 4.48. The molecular formula is C26H28N2O3. The quantitative estimate of drug-likeness (QED) is 0.539. The van der Waals surface area contributed by atoms with Crippen LogP contribution in [0.4, 0.5) is 0 Å². The highest BCUT2D eigenvalue weighted by Gasteiger charge is 2.27. The minimum Gasteiger partial charge on any atom is -0.452 e. The Morgan fingerprint density at radius 1 is 1.06 bits per heavy atom. The molecule has 1 unspecified atom stereocenters. The number of carbonyl (C=O) groups excluding carboxylic acids is 2. The lowest BCUT2D eigenvalue weighted by Gasteiger charge is -2.35. The zero-order valence-corrected chi connectivity index (χ0v) is 18.1. The van der Waals surface area contributed by atoms with Crippen molar-refractivity contribution in [2.75, 3.05) is 13.2 Å². The highest BCUT2D eigenvalue weighted by Crippen LogP contribution is 2.30. The van der Waals surface area contributed by atoms with Crippen LogP contribution in [0.25, 0.3) is 22.2 Å². The average molecular weight is 417 g/mol. The number of pyridine rings is 1. The van der Waals surface area contributed by atoms with Gasteiger partial charge in [-0.05, 0) is 44.2 Å². The SMILES string of the molecule is CCC1CCCCN1C(=O)COC(=O)c1c(C)c(-c2ccccc2)nc2ccccc12. The summed E-state index contributed by atoms with van der Waals surface area (Å²) in [5.74, 6) is -0.592. The van der Waals surface area contributed by atoms with Crippen LogP contribution in [-0.2, 0) is 9.53 Å². The molecule has 0 saturated carbocycles. The van der Waals surface area contributed by atoms with Gasteiger partial charge in [0, 0.05) is 23.5 Å². The number of esters is 1. The number of hydrogen-bond acceptors (Lipinski definition) is 4. The maximum Gasteiger partial charge on any atom is 0.339 e. The van der Waals surface area contributed by atoms with Gasteiger partial charge in [-0.25, -0.2) is 9.78 Å². The Morgan fingerprint density at radius 3 is 2.58 bits per heavy atom. The van der Waals surface area contributed by atoms with Gasteiger partial charge in [-0.2, -0.15) is 0 Å². The number of ether oxygens (including phenoxy) is 1. The maximum atomic E-state index is 13.2. The van der Waals surface area contributed by atoms with Gasteiger partial charge in [0.15, 0.2) is 6.61 Å².